The van der Waals surface area contributed by atoms with E-state index in [2.05, 4.69) is 16.0 Å². The molecule has 0 fully saturated rings. The van der Waals surface area contributed by atoms with Crippen molar-refractivity contribution in [2.75, 3.05) is 5.32 Å². The van der Waals surface area contributed by atoms with Gasteiger partial charge in [0.15, 0.2) is 5.76 Å². The average molecular weight is 377 g/mol. The second-order valence-corrected chi connectivity index (χ2v) is 6.53. The molecule has 1 aromatic heterocycles. The van der Waals surface area contributed by atoms with E-state index in [9.17, 15) is 9.59 Å². The number of aryl methyl sites for hydroxylation is 1. The van der Waals surface area contributed by atoms with Gasteiger partial charge in [-0.05, 0) is 54.8 Å². The zero-order valence-corrected chi connectivity index (χ0v) is 15.9. The number of carbonyl (C=O) groups excluding carboxylic acids is 2. The van der Waals surface area contributed by atoms with Crippen LogP contribution in [0, 0.1) is 6.92 Å². The number of hydrogen-bond donors (Lipinski definition) is 3. The molecular weight excluding hydrogens is 354 g/mol. The summed E-state index contributed by atoms with van der Waals surface area (Å²) in [5, 5.41) is 8.55. The quantitative estimate of drug-likeness (QED) is 0.595. The minimum Gasteiger partial charge on any atom is -0.459 e. The largest absolute Gasteiger partial charge is 0.459 e. The summed E-state index contributed by atoms with van der Waals surface area (Å²) < 4.78 is 5.06. The second kappa shape index (κ2) is 8.90. The second-order valence-electron chi connectivity index (χ2n) is 6.53. The first-order valence-electron chi connectivity index (χ1n) is 9.06. The summed E-state index contributed by atoms with van der Waals surface area (Å²) in [7, 11) is 0. The van der Waals surface area contributed by atoms with Crippen molar-refractivity contribution in [3.8, 4) is 0 Å². The highest BCUT2D eigenvalue weighted by molar-refractivity contribution is 6.02. The third kappa shape index (κ3) is 5.01. The lowest BCUT2D eigenvalue weighted by molar-refractivity contribution is 0.0996. The van der Waals surface area contributed by atoms with Gasteiger partial charge < -0.3 is 20.4 Å². The van der Waals surface area contributed by atoms with Crippen molar-refractivity contribution in [1.82, 2.24) is 10.6 Å². The molecular formula is C22H23N3O3. The monoisotopic (exact) mass is 377 g/mol. The Balaban J connectivity index is 1.48. The van der Waals surface area contributed by atoms with Gasteiger partial charge in [0.2, 0.25) is 0 Å². The van der Waals surface area contributed by atoms with Crippen LogP contribution in [0.4, 0.5) is 10.5 Å². The molecule has 2 aromatic carbocycles. The van der Waals surface area contributed by atoms with Crippen molar-refractivity contribution < 1.29 is 14.0 Å². The van der Waals surface area contributed by atoms with E-state index in [1.54, 1.807) is 24.3 Å². The highest BCUT2D eigenvalue weighted by atomic mass is 16.3. The van der Waals surface area contributed by atoms with E-state index in [4.69, 9.17) is 4.42 Å². The number of benzene rings is 2. The first-order valence-corrected chi connectivity index (χ1v) is 9.06. The molecule has 3 rings (SSSR count). The summed E-state index contributed by atoms with van der Waals surface area (Å²) in [5.74, 6) is -0.0503. The van der Waals surface area contributed by atoms with E-state index < -0.39 is 0 Å². The third-order valence-electron chi connectivity index (χ3n) is 4.41. The van der Waals surface area contributed by atoms with E-state index in [1.165, 1.54) is 6.26 Å². The van der Waals surface area contributed by atoms with Crippen LogP contribution >= 0.6 is 0 Å². The van der Waals surface area contributed by atoms with Gasteiger partial charge in [0, 0.05) is 12.2 Å². The Labute approximate surface area is 164 Å². The van der Waals surface area contributed by atoms with Crippen LogP contribution in [0.3, 0.4) is 0 Å². The van der Waals surface area contributed by atoms with Crippen LogP contribution in [-0.4, -0.2) is 11.9 Å². The van der Waals surface area contributed by atoms with Gasteiger partial charge in [-0.2, -0.15) is 0 Å². The summed E-state index contributed by atoms with van der Waals surface area (Å²) in [6, 6.07) is 18.2. The Morgan fingerprint density at radius 3 is 2.43 bits per heavy atom. The number of anilines is 1. The number of carbonyl (C=O) groups is 2. The van der Waals surface area contributed by atoms with E-state index in [-0.39, 0.29) is 23.7 Å². The van der Waals surface area contributed by atoms with Crippen LogP contribution in [0.15, 0.2) is 71.3 Å². The Kier molecular flexibility index (Phi) is 6.11. The number of nitrogens with one attached hydrogen (secondary N) is 3. The summed E-state index contributed by atoms with van der Waals surface area (Å²) in [6.07, 6.45) is 1.45. The molecule has 3 N–H and O–H groups in total. The number of urea groups is 1. The maximum Gasteiger partial charge on any atom is 0.315 e. The summed E-state index contributed by atoms with van der Waals surface area (Å²) in [4.78, 5) is 24.1. The molecule has 1 unspecified atom stereocenters. The molecule has 0 aliphatic rings. The molecule has 1 heterocycles. The van der Waals surface area contributed by atoms with Crippen LogP contribution in [-0.2, 0) is 6.54 Å². The zero-order valence-electron chi connectivity index (χ0n) is 15.9. The molecule has 0 spiro atoms. The Hall–Kier alpha value is -3.54. The van der Waals surface area contributed by atoms with Crippen LogP contribution in [0.2, 0.25) is 0 Å². The van der Waals surface area contributed by atoms with Crippen LogP contribution < -0.4 is 16.0 Å². The predicted molar refractivity (Wildman–Crippen MR) is 108 cm³/mol. The molecule has 0 bridgehead atoms. The highest BCUT2D eigenvalue weighted by Gasteiger charge is 2.11. The van der Waals surface area contributed by atoms with Gasteiger partial charge in [-0.1, -0.05) is 36.4 Å². The van der Waals surface area contributed by atoms with Crippen LogP contribution in [0.25, 0.3) is 0 Å². The fourth-order valence-corrected chi connectivity index (χ4v) is 2.89. The fraction of sp³-hybridized carbons (Fsp3) is 0.182. The zero-order chi connectivity index (χ0) is 19.9. The normalized spacial score (nSPS) is 11.5. The third-order valence-corrected chi connectivity index (χ3v) is 4.41. The highest BCUT2D eigenvalue weighted by Crippen LogP contribution is 2.16. The van der Waals surface area contributed by atoms with Gasteiger partial charge >= 0.3 is 6.03 Å². The minimum atomic E-state index is -0.305. The number of hydrogen-bond acceptors (Lipinski definition) is 3. The topological polar surface area (TPSA) is 83.4 Å². The van der Waals surface area contributed by atoms with Crippen molar-refractivity contribution in [3.63, 3.8) is 0 Å². The van der Waals surface area contributed by atoms with Crippen molar-refractivity contribution in [2.45, 2.75) is 26.4 Å². The predicted octanol–water partition coefficient (Wildman–Crippen LogP) is 4.40. The number of furan rings is 1. The lowest BCUT2D eigenvalue weighted by Gasteiger charge is -2.17. The van der Waals surface area contributed by atoms with Crippen molar-refractivity contribution >= 4 is 17.6 Å². The SMILES string of the molecule is Cc1ccccc1C(C)NC(=O)NCc1ccc(NC(=O)c2ccco2)cc1. The summed E-state index contributed by atoms with van der Waals surface area (Å²) in [5.41, 5.74) is 3.81. The maximum absolute atomic E-state index is 12.2. The molecule has 3 aromatic rings. The first kappa shape index (κ1) is 19.2. The lowest BCUT2D eigenvalue weighted by Crippen LogP contribution is -2.36. The fourth-order valence-electron chi connectivity index (χ4n) is 2.89. The lowest BCUT2D eigenvalue weighted by atomic mass is 10.0. The smallest absolute Gasteiger partial charge is 0.315 e. The summed E-state index contributed by atoms with van der Waals surface area (Å²) in [6.45, 7) is 4.37. The molecule has 6 nitrogen and oxygen atoms in total. The molecule has 1 atom stereocenters. The maximum atomic E-state index is 12.2. The van der Waals surface area contributed by atoms with Crippen LogP contribution in [0.5, 0.6) is 0 Å². The standard InChI is InChI=1S/C22H23N3O3/c1-15-6-3-4-7-19(15)16(2)24-22(27)23-14-17-9-11-18(12-10-17)25-21(26)20-8-5-13-28-20/h3-13,16H,14H2,1-2H3,(H,25,26)(H2,23,24,27). The van der Waals surface area contributed by atoms with Gasteiger partial charge in [-0.3, -0.25) is 4.79 Å². The molecule has 144 valence electrons. The number of amides is 3. The van der Waals surface area contributed by atoms with Gasteiger partial charge in [-0.25, -0.2) is 4.79 Å². The van der Waals surface area contributed by atoms with E-state index >= 15 is 0 Å². The van der Waals surface area contributed by atoms with Crippen molar-refractivity contribution in [1.29, 1.82) is 0 Å². The molecule has 3 amide bonds. The molecule has 0 aliphatic carbocycles. The molecule has 6 heteroatoms. The molecule has 0 saturated carbocycles. The molecule has 0 aliphatic heterocycles. The molecule has 28 heavy (non-hydrogen) atoms. The minimum absolute atomic E-state index is 0.0830. The van der Waals surface area contributed by atoms with Crippen molar-refractivity contribution in [2.24, 2.45) is 0 Å². The van der Waals surface area contributed by atoms with E-state index in [0.29, 0.717) is 12.2 Å². The van der Waals surface area contributed by atoms with Gasteiger partial charge in [0.05, 0.1) is 12.3 Å². The van der Waals surface area contributed by atoms with Crippen molar-refractivity contribution in [3.05, 3.63) is 89.4 Å². The van der Waals surface area contributed by atoms with E-state index in [1.807, 2.05) is 50.2 Å². The van der Waals surface area contributed by atoms with Gasteiger partial charge in [0.1, 0.15) is 0 Å². The number of rotatable bonds is 6. The summed E-state index contributed by atoms with van der Waals surface area (Å²) >= 11 is 0. The van der Waals surface area contributed by atoms with E-state index in [0.717, 1.165) is 16.7 Å². The van der Waals surface area contributed by atoms with Gasteiger partial charge in [-0.15, -0.1) is 0 Å². The average Bonchev–Trinajstić information content (AvgIpc) is 3.23. The van der Waals surface area contributed by atoms with Gasteiger partial charge in [0.25, 0.3) is 5.91 Å². The Morgan fingerprint density at radius 2 is 1.75 bits per heavy atom. The molecule has 0 radical (unpaired) electrons. The van der Waals surface area contributed by atoms with Crippen LogP contribution in [0.1, 0.15) is 40.2 Å². The Morgan fingerprint density at radius 1 is 1.00 bits per heavy atom. The Bertz CT molecular complexity index is 934. The molecule has 0 saturated heterocycles. The first-order chi connectivity index (χ1) is 13.5.